The van der Waals surface area contributed by atoms with E-state index in [0.29, 0.717) is 18.7 Å². The lowest BCUT2D eigenvalue weighted by Crippen LogP contribution is -2.37. The number of primary amides is 1. The van der Waals surface area contributed by atoms with Crippen LogP contribution in [0.5, 0.6) is 0 Å². The van der Waals surface area contributed by atoms with Crippen LogP contribution in [0.25, 0.3) is 0 Å². The number of aliphatic imine (C=N–C) groups is 1. The van der Waals surface area contributed by atoms with Gasteiger partial charge >= 0.3 is 0 Å². The quantitative estimate of drug-likeness (QED) is 0.215. The number of amides is 1. The number of hydrogen-bond acceptors (Lipinski definition) is 3. The van der Waals surface area contributed by atoms with Gasteiger partial charge in [0.2, 0.25) is 5.91 Å². The lowest BCUT2D eigenvalue weighted by atomic mass is 10.1. The smallest absolute Gasteiger partial charge is 0.248 e. The molecule has 0 spiro atoms. The summed E-state index contributed by atoms with van der Waals surface area (Å²) in [5.74, 6) is 0.306. The average Bonchev–Trinajstić information content (AvgIpc) is 2.70. The number of nitrogens with two attached hydrogens (primary N) is 1. The molecule has 1 atom stereocenters. The van der Waals surface area contributed by atoms with E-state index < -0.39 is 5.91 Å². The fraction of sp³-hybridized carbons (Fsp3) is 0.333. The van der Waals surface area contributed by atoms with Gasteiger partial charge in [-0.1, -0.05) is 42.5 Å². The highest BCUT2D eigenvalue weighted by Crippen LogP contribution is 2.15. The molecule has 1 unspecified atom stereocenters. The molecule has 0 radical (unpaired) electrons. The van der Waals surface area contributed by atoms with E-state index in [0.717, 1.165) is 24.5 Å². The van der Waals surface area contributed by atoms with Crippen molar-refractivity contribution < 1.29 is 9.53 Å². The summed E-state index contributed by atoms with van der Waals surface area (Å²) in [6, 6.07) is 17.4. The number of nitrogens with one attached hydrogen (secondary N) is 2. The number of carbonyl (C=O) groups excluding carboxylic acids is 1. The van der Waals surface area contributed by atoms with Gasteiger partial charge in [-0.3, -0.25) is 9.79 Å². The summed E-state index contributed by atoms with van der Waals surface area (Å²) in [5, 5.41) is 6.51. The van der Waals surface area contributed by atoms with E-state index in [1.807, 2.05) is 30.3 Å². The molecule has 0 aliphatic heterocycles. The molecule has 0 fully saturated rings. The van der Waals surface area contributed by atoms with Crippen LogP contribution in [0.4, 0.5) is 0 Å². The number of benzene rings is 2. The monoisotopic (exact) mass is 496 g/mol. The summed E-state index contributed by atoms with van der Waals surface area (Å²) in [5.41, 5.74) is 7.98. The van der Waals surface area contributed by atoms with Gasteiger partial charge in [-0.2, -0.15) is 0 Å². The van der Waals surface area contributed by atoms with Crippen LogP contribution in [-0.2, 0) is 11.3 Å². The summed E-state index contributed by atoms with van der Waals surface area (Å²) in [7, 11) is 1.74. The fourth-order valence-electron chi connectivity index (χ4n) is 2.55. The van der Waals surface area contributed by atoms with E-state index in [4.69, 9.17) is 10.5 Å². The Balaban J connectivity index is 0.00000392. The Morgan fingerprint density at radius 1 is 1.11 bits per heavy atom. The van der Waals surface area contributed by atoms with Gasteiger partial charge in [-0.25, -0.2) is 0 Å². The second-order valence-corrected chi connectivity index (χ2v) is 6.19. The predicted octanol–water partition coefficient (Wildman–Crippen LogP) is 3.24. The number of carbonyl (C=O) groups is 1. The van der Waals surface area contributed by atoms with Gasteiger partial charge < -0.3 is 21.1 Å². The van der Waals surface area contributed by atoms with E-state index in [1.165, 1.54) is 5.56 Å². The van der Waals surface area contributed by atoms with Gasteiger partial charge in [-0.15, -0.1) is 24.0 Å². The first kappa shape index (κ1) is 23.9. The first-order valence-corrected chi connectivity index (χ1v) is 9.10. The van der Waals surface area contributed by atoms with Crippen molar-refractivity contribution in [3.05, 3.63) is 71.3 Å². The van der Waals surface area contributed by atoms with E-state index in [9.17, 15) is 4.79 Å². The Morgan fingerprint density at radius 2 is 1.79 bits per heavy atom. The summed E-state index contributed by atoms with van der Waals surface area (Å²) in [4.78, 5) is 15.3. The van der Waals surface area contributed by atoms with Crippen LogP contribution in [0.3, 0.4) is 0 Å². The van der Waals surface area contributed by atoms with Gasteiger partial charge in [0.1, 0.15) is 0 Å². The van der Waals surface area contributed by atoms with Crippen molar-refractivity contribution in [3.63, 3.8) is 0 Å². The van der Waals surface area contributed by atoms with Crippen LogP contribution in [0.15, 0.2) is 59.6 Å². The van der Waals surface area contributed by atoms with E-state index in [2.05, 4.69) is 34.7 Å². The Bertz CT molecular complexity index is 736. The fourth-order valence-corrected chi connectivity index (χ4v) is 2.55. The minimum atomic E-state index is -0.421. The number of hydrogen-bond donors (Lipinski definition) is 3. The molecule has 6 nitrogen and oxygen atoms in total. The maximum absolute atomic E-state index is 11.1. The molecular weight excluding hydrogens is 467 g/mol. The summed E-state index contributed by atoms with van der Waals surface area (Å²) in [6.45, 7) is 4.11. The molecule has 0 saturated carbocycles. The van der Waals surface area contributed by atoms with Crippen molar-refractivity contribution in [2.45, 2.75) is 26.0 Å². The topological polar surface area (TPSA) is 88.7 Å². The van der Waals surface area contributed by atoms with E-state index in [-0.39, 0.29) is 30.1 Å². The third-order valence-electron chi connectivity index (χ3n) is 4.17. The molecule has 0 aliphatic rings. The van der Waals surface area contributed by atoms with Crippen LogP contribution >= 0.6 is 24.0 Å². The maximum atomic E-state index is 11.1. The molecule has 0 heterocycles. The zero-order chi connectivity index (χ0) is 19.5. The van der Waals surface area contributed by atoms with Crippen molar-refractivity contribution in [2.24, 2.45) is 10.7 Å². The highest BCUT2D eigenvalue weighted by atomic mass is 127. The van der Waals surface area contributed by atoms with E-state index >= 15 is 0 Å². The molecule has 1 amide bonds. The Kier molecular flexibility index (Phi) is 11.2. The van der Waals surface area contributed by atoms with Crippen LogP contribution in [0, 0.1) is 0 Å². The van der Waals surface area contributed by atoms with Crippen molar-refractivity contribution in [3.8, 4) is 0 Å². The van der Waals surface area contributed by atoms with Crippen molar-refractivity contribution >= 4 is 35.8 Å². The Labute approximate surface area is 184 Å². The third kappa shape index (κ3) is 8.26. The molecule has 152 valence electrons. The third-order valence-corrected chi connectivity index (χ3v) is 4.17. The first-order chi connectivity index (χ1) is 13.1. The zero-order valence-electron chi connectivity index (χ0n) is 16.4. The molecular formula is C21H29IN4O2. The minimum Gasteiger partial charge on any atom is -0.374 e. The van der Waals surface area contributed by atoms with Gasteiger partial charge in [0, 0.05) is 32.3 Å². The molecule has 4 N–H and O–H groups in total. The molecule has 0 aliphatic carbocycles. The number of nitrogens with zero attached hydrogens (tertiary/aromatic N) is 1. The summed E-state index contributed by atoms with van der Waals surface area (Å²) < 4.78 is 5.87. The normalized spacial score (nSPS) is 12.0. The lowest BCUT2D eigenvalue weighted by molar-refractivity contribution is 0.0646. The number of rotatable bonds is 9. The number of guanidine groups is 1. The summed E-state index contributed by atoms with van der Waals surface area (Å²) >= 11 is 0. The second kappa shape index (κ2) is 13.1. The molecule has 0 saturated heterocycles. The largest absolute Gasteiger partial charge is 0.374 e. The molecule has 2 aromatic rings. The lowest BCUT2D eigenvalue weighted by Gasteiger charge is -2.15. The summed E-state index contributed by atoms with van der Waals surface area (Å²) in [6.07, 6.45) is 0.970. The highest BCUT2D eigenvalue weighted by Gasteiger charge is 2.05. The Hall–Kier alpha value is -2.13. The zero-order valence-corrected chi connectivity index (χ0v) is 18.7. The number of halogens is 1. The second-order valence-electron chi connectivity index (χ2n) is 6.19. The van der Waals surface area contributed by atoms with Crippen LogP contribution in [0.2, 0.25) is 0 Å². The highest BCUT2D eigenvalue weighted by molar-refractivity contribution is 14.0. The Morgan fingerprint density at radius 3 is 2.39 bits per heavy atom. The van der Waals surface area contributed by atoms with Crippen molar-refractivity contribution in [1.29, 1.82) is 0 Å². The molecule has 2 rings (SSSR count). The van der Waals surface area contributed by atoms with Crippen molar-refractivity contribution in [2.75, 3.05) is 20.2 Å². The molecule has 7 heteroatoms. The van der Waals surface area contributed by atoms with Crippen LogP contribution in [-0.4, -0.2) is 32.1 Å². The maximum Gasteiger partial charge on any atom is 0.248 e. The predicted molar refractivity (Wildman–Crippen MR) is 124 cm³/mol. The first-order valence-electron chi connectivity index (χ1n) is 9.10. The number of ether oxygens (including phenoxy) is 1. The van der Waals surface area contributed by atoms with Crippen molar-refractivity contribution in [1.82, 2.24) is 10.6 Å². The molecule has 0 bridgehead atoms. The van der Waals surface area contributed by atoms with Gasteiger partial charge in [0.05, 0.1) is 6.10 Å². The van der Waals surface area contributed by atoms with Crippen LogP contribution in [0.1, 0.15) is 40.9 Å². The molecule has 28 heavy (non-hydrogen) atoms. The van der Waals surface area contributed by atoms with E-state index in [1.54, 1.807) is 19.2 Å². The molecule has 2 aromatic carbocycles. The van der Waals surface area contributed by atoms with Gasteiger partial charge in [-0.05, 0) is 36.6 Å². The van der Waals surface area contributed by atoms with Gasteiger partial charge in [0.15, 0.2) is 5.96 Å². The SMILES string of the molecule is CN=C(NCCCOC(C)c1ccccc1)NCc1ccc(C(N)=O)cc1.I. The van der Waals surface area contributed by atoms with Gasteiger partial charge in [0.25, 0.3) is 0 Å². The minimum absolute atomic E-state index is 0. The average molecular weight is 496 g/mol. The standard InChI is InChI=1S/C21H28N4O2.HI/c1-16(18-7-4-3-5-8-18)27-14-6-13-24-21(23-2)25-15-17-9-11-19(12-10-17)20(22)26;/h3-5,7-12,16H,6,13-15H2,1-2H3,(H2,22,26)(H2,23,24,25);1H. The molecule has 0 aromatic heterocycles. The van der Waals surface area contributed by atoms with Crippen LogP contribution < -0.4 is 16.4 Å².